The zero-order chi connectivity index (χ0) is 18.6. The number of nitrogens with one attached hydrogen (secondary N) is 2. The summed E-state index contributed by atoms with van der Waals surface area (Å²) < 4.78 is 25.7. The van der Waals surface area contributed by atoms with Crippen molar-refractivity contribution in [3.8, 4) is 0 Å². The van der Waals surface area contributed by atoms with Gasteiger partial charge in [-0.3, -0.25) is 19.6 Å². The number of rotatable bonds is 6. The third kappa shape index (κ3) is 4.77. The molecule has 0 saturated carbocycles. The van der Waals surface area contributed by atoms with Crippen molar-refractivity contribution in [2.45, 2.75) is 13.8 Å². The number of benzene rings is 2. The molecule has 0 fully saturated rings. The first-order chi connectivity index (χ1) is 11.7. The summed E-state index contributed by atoms with van der Waals surface area (Å²) in [4.78, 5) is 22.4. The molecule has 8 nitrogen and oxygen atoms in total. The molecule has 0 spiro atoms. The Hall–Kier alpha value is -2.94. The van der Waals surface area contributed by atoms with Gasteiger partial charge in [-0.25, -0.2) is 8.42 Å². The standard InChI is InChI=1S/C16H17N3O5S/c1-3-25(23,24)18-15-8-7-13(9-11(15)2)17-16(20)12-5-4-6-14(10-12)19(21)22/h4-10,18H,3H2,1-2H3,(H,17,20). The first-order valence-corrected chi connectivity index (χ1v) is 9.04. The van der Waals surface area contributed by atoms with Crippen LogP contribution < -0.4 is 10.0 Å². The number of aryl methyl sites for hydroxylation is 1. The fourth-order valence-electron chi connectivity index (χ4n) is 2.06. The van der Waals surface area contributed by atoms with E-state index in [-0.39, 0.29) is 17.0 Å². The highest BCUT2D eigenvalue weighted by Crippen LogP contribution is 2.22. The summed E-state index contributed by atoms with van der Waals surface area (Å²) in [7, 11) is -3.39. The maximum atomic E-state index is 12.2. The molecule has 0 atom stereocenters. The summed E-state index contributed by atoms with van der Waals surface area (Å²) in [5.74, 6) is -0.539. The molecule has 0 heterocycles. The second-order valence-corrected chi connectivity index (χ2v) is 7.31. The van der Waals surface area contributed by atoms with E-state index in [0.717, 1.165) is 0 Å². The molecule has 0 radical (unpaired) electrons. The first-order valence-electron chi connectivity index (χ1n) is 7.39. The van der Waals surface area contributed by atoms with Gasteiger partial charge in [0.15, 0.2) is 0 Å². The van der Waals surface area contributed by atoms with Crippen LogP contribution in [0.4, 0.5) is 17.1 Å². The average Bonchev–Trinajstić information content (AvgIpc) is 2.57. The van der Waals surface area contributed by atoms with Gasteiger partial charge in [-0.2, -0.15) is 0 Å². The van der Waals surface area contributed by atoms with E-state index in [4.69, 9.17) is 0 Å². The quantitative estimate of drug-likeness (QED) is 0.604. The van der Waals surface area contributed by atoms with Crippen LogP contribution in [0, 0.1) is 17.0 Å². The number of anilines is 2. The van der Waals surface area contributed by atoms with Crippen molar-refractivity contribution < 1.29 is 18.1 Å². The second-order valence-electron chi connectivity index (χ2n) is 5.30. The van der Waals surface area contributed by atoms with Gasteiger partial charge in [0, 0.05) is 23.4 Å². The van der Waals surface area contributed by atoms with E-state index in [1.807, 2.05) is 0 Å². The number of carbonyl (C=O) groups excluding carboxylic acids is 1. The van der Waals surface area contributed by atoms with E-state index in [0.29, 0.717) is 16.9 Å². The second kappa shape index (κ2) is 7.31. The van der Waals surface area contributed by atoms with Crippen LogP contribution in [0.3, 0.4) is 0 Å². The van der Waals surface area contributed by atoms with Crippen LogP contribution >= 0.6 is 0 Å². The maximum absolute atomic E-state index is 12.2. The summed E-state index contributed by atoms with van der Waals surface area (Å²) in [6.45, 7) is 3.24. The molecule has 2 aromatic rings. The van der Waals surface area contributed by atoms with Crippen LogP contribution in [-0.4, -0.2) is 25.0 Å². The van der Waals surface area contributed by atoms with Gasteiger partial charge < -0.3 is 5.32 Å². The lowest BCUT2D eigenvalue weighted by molar-refractivity contribution is -0.384. The zero-order valence-corrected chi connectivity index (χ0v) is 14.5. The van der Waals surface area contributed by atoms with Gasteiger partial charge in [0.2, 0.25) is 10.0 Å². The van der Waals surface area contributed by atoms with Gasteiger partial charge in [-0.1, -0.05) is 6.07 Å². The average molecular weight is 363 g/mol. The molecule has 0 unspecified atom stereocenters. The Morgan fingerprint density at radius 1 is 1.20 bits per heavy atom. The molecule has 0 aliphatic carbocycles. The summed E-state index contributed by atoms with van der Waals surface area (Å²) >= 11 is 0. The molecule has 0 aromatic heterocycles. The van der Waals surface area contributed by atoms with Crippen molar-refractivity contribution in [3.63, 3.8) is 0 Å². The number of sulfonamides is 1. The number of nitro groups is 1. The Bertz CT molecular complexity index is 925. The highest BCUT2D eigenvalue weighted by Gasteiger charge is 2.13. The molecule has 132 valence electrons. The summed E-state index contributed by atoms with van der Waals surface area (Å²) in [5.41, 5.74) is 1.49. The molecular formula is C16H17N3O5S. The molecule has 2 N–H and O–H groups in total. The molecule has 1 amide bonds. The molecule has 0 saturated heterocycles. The predicted octanol–water partition coefficient (Wildman–Crippen LogP) is 2.92. The Morgan fingerprint density at radius 3 is 2.52 bits per heavy atom. The van der Waals surface area contributed by atoms with Crippen molar-refractivity contribution in [2.75, 3.05) is 15.8 Å². The Labute approximate surface area is 145 Å². The molecular weight excluding hydrogens is 346 g/mol. The summed E-state index contributed by atoms with van der Waals surface area (Å²) in [6.07, 6.45) is 0. The SMILES string of the molecule is CCS(=O)(=O)Nc1ccc(NC(=O)c2cccc([N+](=O)[O-])c2)cc1C. The van der Waals surface area contributed by atoms with Crippen LogP contribution in [0.2, 0.25) is 0 Å². The van der Waals surface area contributed by atoms with E-state index >= 15 is 0 Å². The fraction of sp³-hybridized carbons (Fsp3) is 0.188. The molecule has 9 heteroatoms. The van der Waals surface area contributed by atoms with E-state index in [9.17, 15) is 23.3 Å². The molecule has 25 heavy (non-hydrogen) atoms. The maximum Gasteiger partial charge on any atom is 0.270 e. The van der Waals surface area contributed by atoms with E-state index < -0.39 is 20.9 Å². The number of nitro benzene ring substituents is 1. The van der Waals surface area contributed by atoms with Gasteiger partial charge >= 0.3 is 0 Å². The van der Waals surface area contributed by atoms with Crippen LogP contribution in [0.25, 0.3) is 0 Å². The highest BCUT2D eigenvalue weighted by molar-refractivity contribution is 7.92. The lowest BCUT2D eigenvalue weighted by Gasteiger charge is -2.11. The molecule has 2 rings (SSSR count). The number of non-ortho nitro benzene ring substituents is 1. The lowest BCUT2D eigenvalue weighted by atomic mass is 10.1. The third-order valence-corrected chi connectivity index (χ3v) is 4.74. The molecule has 0 aliphatic rings. The van der Waals surface area contributed by atoms with Gasteiger partial charge in [-0.15, -0.1) is 0 Å². The number of hydrogen-bond acceptors (Lipinski definition) is 5. The van der Waals surface area contributed by atoms with Crippen molar-refractivity contribution in [1.82, 2.24) is 0 Å². The van der Waals surface area contributed by atoms with Crippen LogP contribution in [-0.2, 0) is 10.0 Å². The third-order valence-electron chi connectivity index (χ3n) is 3.45. The van der Waals surface area contributed by atoms with Crippen molar-refractivity contribution in [2.24, 2.45) is 0 Å². The van der Waals surface area contributed by atoms with Crippen LogP contribution in [0.15, 0.2) is 42.5 Å². The first kappa shape index (κ1) is 18.4. The van der Waals surface area contributed by atoms with Gasteiger partial charge in [0.05, 0.1) is 16.4 Å². The van der Waals surface area contributed by atoms with Crippen molar-refractivity contribution >= 4 is 33.0 Å². The Balaban J connectivity index is 2.18. The monoisotopic (exact) mass is 363 g/mol. The molecule has 0 aliphatic heterocycles. The topological polar surface area (TPSA) is 118 Å². The smallest absolute Gasteiger partial charge is 0.270 e. The van der Waals surface area contributed by atoms with E-state index in [2.05, 4.69) is 10.0 Å². The summed E-state index contributed by atoms with van der Waals surface area (Å²) in [6, 6.07) is 10.1. The molecule has 2 aromatic carbocycles. The fourth-order valence-corrected chi connectivity index (χ4v) is 2.77. The molecule has 0 bridgehead atoms. The number of amides is 1. The minimum Gasteiger partial charge on any atom is -0.322 e. The minimum atomic E-state index is -3.39. The Morgan fingerprint density at radius 2 is 1.92 bits per heavy atom. The van der Waals surface area contributed by atoms with Crippen LogP contribution in [0.1, 0.15) is 22.8 Å². The van der Waals surface area contributed by atoms with Gasteiger partial charge in [0.25, 0.3) is 11.6 Å². The van der Waals surface area contributed by atoms with Gasteiger partial charge in [-0.05, 0) is 43.7 Å². The Kier molecular flexibility index (Phi) is 5.38. The normalized spacial score (nSPS) is 11.0. The van der Waals surface area contributed by atoms with Gasteiger partial charge in [0.1, 0.15) is 0 Å². The highest BCUT2D eigenvalue weighted by atomic mass is 32.2. The van der Waals surface area contributed by atoms with Crippen LogP contribution in [0.5, 0.6) is 0 Å². The van der Waals surface area contributed by atoms with E-state index in [1.54, 1.807) is 25.1 Å². The number of hydrogen-bond donors (Lipinski definition) is 2. The number of nitrogens with zero attached hydrogens (tertiary/aromatic N) is 1. The number of carbonyl (C=O) groups is 1. The van der Waals surface area contributed by atoms with E-state index in [1.165, 1.54) is 31.2 Å². The van der Waals surface area contributed by atoms with Crippen molar-refractivity contribution in [3.05, 3.63) is 63.7 Å². The minimum absolute atomic E-state index is 0.0439. The summed E-state index contributed by atoms with van der Waals surface area (Å²) in [5, 5.41) is 13.4. The predicted molar refractivity (Wildman–Crippen MR) is 95.3 cm³/mol. The van der Waals surface area contributed by atoms with Crippen molar-refractivity contribution in [1.29, 1.82) is 0 Å². The lowest BCUT2D eigenvalue weighted by Crippen LogP contribution is -2.16. The largest absolute Gasteiger partial charge is 0.322 e. The zero-order valence-electron chi connectivity index (χ0n) is 13.6.